The molecule has 0 fully saturated rings. The fraction of sp³-hybridized carbons (Fsp3) is 0.704. The van der Waals surface area contributed by atoms with Crippen molar-refractivity contribution in [3.63, 3.8) is 0 Å². The molecule has 1 aromatic rings. The SMILES string of the molecule is CCN1CCCCCCN(C(=O)CC(C)(C)C)[C@@H](CC(C)C)COc2ccccc2C1=O. The van der Waals surface area contributed by atoms with Crippen molar-refractivity contribution in [3.05, 3.63) is 29.8 Å². The summed E-state index contributed by atoms with van der Waals surface area (Å²) in [6.07, 6.45) is 5.51. The van der Waals surface area contributed by atoms with Crippen molar-refractivity contribution < 1.29 is 14.3 Å². The number of para-hydroxylation sites is 1. The standard InChI is InChI=1S/C27H44N2O3/c1-7-28-16-12-8-9-13-17-29(25(30)19-27(4,5)6)22(18-21(2)3)20-32-24-15-11-10-14-23(24)26(28)31/h10-11,14-15,21-22H,7-9,12-13,16-20H2,1-6H3/t22-/m0/s1. The minimum Gasteiger partial charge on any atom is -0.491 e. The van der Waals surface area contributed by atoms with Gasteiger partial charge in [0.2, 0.25) is 5.91 Å². The molecule has 2 rings (SSSR count). The van der Waals surface area contributed by atoms with Gasteiger partial charge in [-0.15, -0.1) is 0 Å². The smallest absolute Gasteiger partial charge is 0.257 e. The van der Waals surface area contributed by atoms with Crippen molar-refractivity contribution in [2.24, 2.45) is 11.3 Å². The Morgan fingerprint density at radius 2 is 1.75 bits per heavy atom. The summed E-state index contributed by atoms with van der Waals surface area (Å²) in [7, 11) is 0. The highest BCUT2D eigenvalue weighted by Gasteiger charge is 2.29. The molecule has 1 aliphatic heterocycles. The highest BCUT2D eigenvalue weighted by molar-refractivity contribution is 5.96. The van der Waals surface area contributed by atoms with E-state index in [0.29, 0.717) is 36.8 Å². The van der Waals surface area contributed by atoms with E-state index in [4.69, 9.17) is 4.74 Å². The van der Waals surface area contributed by atoms with Crippen LogP contribution in [0.3, 0.4) is 0 Å². The van der Waals surface area contributed by atoms with Crippen LogP contribution in [0.15, 0.2) is 24.3 Å². The van der Waals surface area contributed by atoms with E-state index in [0.717, 1.165) is 45.2 Å². The third-order valence-corrected chi connectivity index (χ3v) is 5.98. The van der Waals surface area contributed by atoms with E-state index in [1.807, 2.05) is 36.1 Å². The number of amides is 2. The van der Waals surface area contributed by atoms with E-state index in [1.165, 1.54) is 0 Å². The molecule has 1 atom stereocenters. The van der Waals surface area contributed by atoms with Gasteiger partial charge in [-0.05, 0) is 49.7 Å². The van der Waals surface area contributed by atoms with E-state index in [9.17, 15) is 9.59 Å². The molecular weight excluding hydrogens is 400 g/mol. The van der Waals surface area contributed by atoms with Crippen LogP contribution in [0.2, 0.25) is 0 Å². The number of hydrogen-bond acceptors (Lipinski definition) is 3. The largest absolute Gasteiger partial charge is 0.491 e. The number of nitrogens with zero attached hydrogens (tertiary/aromatic N) is 2. The Morgan fingerprint density at radius 1 is 1.09 bits per heavy atom. The Labute approximate surface area is 195 Å². The molecule has 1 aliphatic rings. The fourth-order valence-corrected chi connectivity index (χ4v) is 4.36. The molecule has 0 saturated heterocycles. The summed E-state index contributed by atoms with van der Waals surface area (Å²) in [5, 5.41) is 0. The molecule has 0 N–H and O–H groups in total. The van der Waals surface area contributed by atoms with Gasteiger partial charge in [-0.2, -0.15) is 0 Å². The Kier molecular flexibility index (Phi) is 10.0. The second-order valence-corrected chi connectivity index (χ2v) is 10.7. The molecule has 0 unspecified atom stereocenters. The molecule has 5 nitrogen and oxygen atoms in total. The summed E-state index contributed by atoms with van der Waals surface area (Å²) in [5.41, 5.74) is 0.560. The molecule has 1 heterocycles. The van der Waals surface area contributed by atoms with E-state index in [1.54, 1.807) is 0 Å². The molecule has 0 spiro atoms. The molecule has 0 bridgehead atoms. The van der Waals surface area contributed by atoms with Crippen LogP contribution >= 0.6 is 0 Å². The predicted octanol–water partition coefficient (Wildman–Crippen LogP) is 5.78. The molecule has 0 aromatic heterocycles. The average Bonchev–Trinajstić information content (AvgIpc) is 2.71. The van der Waals surface area contributed by atoms with Gasteiger partial charge in [0.15, 0.2) is 0 Å². The second-order valence-electron chi connectivity index (χ2n) is 10.7. The Bertz CT molecular complexity index is 739. The van der Waals surface area contributed by atoms with Gasteiger partial charge in [-0.1, -0.05) is 59.6 Å². The van der Waals surface area contributed by atoms with Crippen molar-refractivity contribution in [2.75, 3.05) is 26.2 Å². The lowest BCUT2D eigenvalue weighted by Gasteiger charge is -2.35. The third-order valence-electron chi connectivity index (χ3n) is 5.98. The molecule has 1 aromatic carbocycles. The van der Waals surface area contributed by atoms with Gasteiger partial charge in [0.05, 0.1) is 11.6 Å². The molecule has 0 saturated carbocycles. The average molecular weight is 445 g/mol. The number of benzene rings is 1. The molecule has 32 heavy (non-hydrogen) atoms. The van der Waals surface area contributed by atoms with Crippen molar-refractivity contribution in [1.29, 1.82) is 0 Å². The summed E-state index contributed by atoms with van der Waals surface area (Å²) >= 11 is 0. The number of carbonyl (C=O) groups is 2. The third kappa shape index (κ3) is 8.14. The van der Waals surface area contributed by atoms with Gasteiger partial charge in [-0.25, -0.2) is 0 Å². The quantitative estimate of drug-likeness (QED) is 0.591. The van der Waals surface area contributed by atoms with Crippen LogP contribution in [0.5, 0.6) is 5.75 Å². The topological polar surface area (TPSA) is 49.9 Å². The first kappa shape index (κ1) is 26.2. The van der Waals surface area contributed by atoms with Crippen LogP contribution in [0, 0.1) is 11.3 Å². The lowest BCUT2D eigenvalue weighted by atomic mass is 9.91. The van der Waals surface area contributed by atoms with Crippen LogP contribution in [0.1, 0.15) is 90.4 Å². The first-order chi connectivity index (χ1) is 15.1. The highest BCUT2D eigenvalue weighted by atomic mass is 16.5. The summed E-state index contributed by atoms with van der Waals surface area (Å²) in [6, 6.07) is 7.53. The summed E-state index contributed by atoms with van der Waals surface area (Å²) in [5.74, 6) is 1.30. The fourth-order valence-electron chi connectivity index (χ4n) is 4.36. The minimum atomic E-state index is -0.0535. The lowest BCUT2D eigenvalue weighted by Crippen LogP contribution is -2.46. The van der Waals surface area contributed by atoms with E-state index < -0.39 is 0 Å². The number of carbonyl (C=O) groups excluding carboxylic acids is 2. The molecule has 2 amide bonds. The van der Waals surface area contributed by atoms with Gasteiger partial charge >= 0.3 is 0 Å². The maximum Gasteiger partial charge on any atom is 0.257 e. The zero-order valence-electron chi connectivity index (χ0n) is 21.2. The minimum absolute atomic E-state index is 0.00164. The van der Waals surface area contributed by atoms with Crippen molar-refractivity contribution in [2.45, 2.75) is 86.1 Å². The Hall–Kier alpha value is -2.04. The van der Waals surface area contributed by atoms with Crippen LogP contribution in [0.4, 0.5) is 0 Å². The summed E-state index contributed by atoms with van der Waals surface area (Å²) in [4.78, 5) is 30.5. The normalized spacial score (nSPS) is 19.3. The lowest BCUT2D eigenvalue weighted by molar-refractivity contribution is -0.136. The van der Waals surface area contributed by atoms with Gasteiger partial charge in [-0.3, -0.25) is 9.59 Å². The van der Waals surface area contributed by atoms with Crippen LogP contribution in [-0.2, 0) is 4.79 Å². The molecule has 5 heteroatoms. The van der Waals surface area contributed by atoms with E-state index in [2.05, 4.69) is 39.5 Å². The number of ether oxygens (including phenoxy) is 1. The monoisotopic (exact) mass is 444 g/mol. The molecule has 0 radical (unpaired) electrons. The maximum absolute atomic E-state index is 13.3. The van der Waals surface area contributed by atoms with Gasteiger partial charge in [0.25, 0.3) is 5.91 Å². The van der Waals surface area contributed by atoms with Crippen LogP contribution < -0.4 is 4.74 Å². The van der Waals surface area contributed by atoms with Crippen molar-refractivity contribution >= 4 is 11.8 Å². The van der Waals surface area contributed by atoms with Gasteiger partial charge in [0, 0.05) is 26.1 Å². The summed E-state index contributed by atoms with van der Waals surface area (Å²) < 4.78 is 6.28. The second kappa shape index (κ2) is 12.3. The molecular formula is C27H44N2O3. The first-order valence-corrected chi connectivity index (χ1v) is 12.4. The van der Waals surface area contributed by atoms with Gasteiger partial charge < -0.3 is 14.5 Å². The van der Waals surface area contributed by atoms with Crippen molar-refractivity contribution in [1.82, 2.24) is 9.80 Å². The maximum atomic E-state index is 13.3. The van der Waals surface area contributed by atoms with Gasteiger partial charge in [0.1, 0.15) is 12.4 Å². The van der Waals surface area contributed by atoms with Crippen molar-refractivity contribution in [3.8, 4) is 5.75 Å². The highest BCUT2D eigenvalue weighted by Crippen LogP contribution is 2.25. The zero-order chi connectivity index (χ0) is 23.7. The van der Waals surface area contributed by atoms with E-state index >= 15 is 0 Å². The predicted molar refractivity (Wildman–Crippen MR) is 131 cm³/mol. The van der Waals surface area contributed by atoms with E-state index in [-0.39, 0.29) is 23.3 Å². The Morgan fingerprint density at radius 3 is 2.38 bits per heavy atom. The Balaban J connectivity index is 2.35. The first-order valence-electron chi connectivity index (χ1n) is 12.4. The molecule has 0 aliphatic carbocycles. The van der Waals surface area contributed by atoms with Crippen LogP contribution in [-0.4, -0.2) is 53.9 Å². The number of hydrogen-bond donors (Lipinski definition) is 0. The number of rotatable bonds is 4. The number of fused-ring (bicyclic) bond motifs is 1. The summed E-state index contributed by atoms with van der Waals surface area (Å²) in [6.45, 7) is 15.4. The van der Waals surface area contributed by atoms with Crippen LogP contribution in [0.25, 0.3) is 0 Å². The zero-order valence-corrected chi connectivity index (χ0v) is 21.2. The molecule has 180 valence electrons.